The molecule has 0 aliphatic carbocycles. The Balaban J connectivity index is 1.30. The summed E-state index contributed by atoms with van der Waals surface area (Å²) < 4.78 is 54.3. The van der Waals surface area contributed by atoms with Gasteiger partial charge in [0, 0.05) is 48.2 Å². The molecule has 2 bridgehead atoms. The molecule has 234 valence electrons. The largest absolute Gasteiger partial charge is 0.516 e. The van der Waals surface area contributed by atoms with E-state index >= 15 is 8.78 Å². The number of nitrogens with one attached hydrogen (secondary N) is 1. The summed E-state index contributed by atoms with van der Waals surface area (Å²) in [5.74, 6) is 0.183. The van der Waals surface area contributed by atoms with Crippen molar-refractivity contribution in [2.24, 2.45) is 0 Å². The fourth-order valence-corrected chi connectivity index (χ4v) is 7.78. The van der Waals surface area contributed by atoms with Crippen molar-refractivity contribution >= 4 is 33.2 Å². The van der Waals surface area contributed by atoms with E-state index in [4.69, 9.17) is 21.9 Å². The molecule has 4 aliphatic rings. The fourth-order valence-electron chi connectivity index (χ4n) is 7.78. The zero-order valence-corrected chi connectivity index (χ0v) is 24.9. The molecule has 4 aliphatic heterocycles. The monoisotopic (exact) mass is 624 g/mol. The van der Waals surface area contributed by atoms with Crippen LogP contribution in [0.5, 0.6) is 6.01 Å². The van der Waals surface area contributed by atoms with Crippen LogP contribution in [0.2, 0.25) is 0 Å². The molecule has 0 radical (unpaired) electrons. The van der Waals surface area contributed by atoms with E-state index in [1.54, 1.807) is 6.07 Å². The van der Waals surface area contributed by atoms with Crippen molar-refractivity contribution in [3.8, 4) is 29.5 Å². The minimum atomic E-state index is -0.953. The number of nitrogens with zero attached hydrogens (tertiary/aromatic N) is 4. The van der Waals surface area contributed by atoms with Gasteiger partial charge in [0.05, 0.1) is 22.9 Å². The lowest BCUT2D eigenvalue weighted by atomic mass is 9.92. The molecule has 0 spiro atoms. The molecule has 5 heterocycles. The summed E-state index contributed by atoms with van der Waals surface area (Å²) in [6.07, 6.45) is 13.5. The number of ether oxygens (including phenoxy) is 1. The summed E-state index contributed by atoms with van der Waals surface area (Å²) in [6, 6.07) is 6.98. The number of aromatic nitrogens is 2. The summed E-state index contributed by atoms with van der Waals surface area (Å²) >= 11 is 0. The maximum absolute atomic E-state index is 16.9. The van der Waals surface area contributed by atoms with Gasteiger partial charge in [0.15, 0.2) is 5.82 Å². The molecule has 46 heavy (non-hydrogen) atoms. The highest BCUT2D eigenvalue weighted by atomic mass is 19.1. The second-order valence-corrected chi connectivity index (χ2v) is 12.7. The molecule has 8 nitrogen and oxygen atoms in total. The Morgan fingerprint density at radius 3 is 2.70 bits per heavy atom. The van der Waals surface area contributed by atoms with Gasteiger partial charge in [0.25, 0.3) is 0 Å². The van der Waals surface area contributed by atoms with E-state index in [1.807, 2.05) is 4.90 Å². The third-order valence-corrected chi connectivity index (χ3v) is 9.83. The third kappa shape index (κ3) is 4.47. The normalized spacial score (nSPS) is 24.7. The zero-order chi connectivity index (χ0) is 31.7. The minimum absolute atomic E-state index is 0.0289. The summed E-state index contributed by atoms with van der Waals surface area (Å²) in [6.45, 7) is 2.86. The SMILES string of the molecule is C#Cc1c(F)ccc2cc(N)cc(-c3c(F)cc4c(N5CC6C=CC(C5)N6)nc(OCC56CCCN5C/C(=C/O)C6)nc4c3F)c12. The molecular weight excluding hydrogens is 593 g/mol. The van der Waals surface area contributed by atoms with Gasteiger partial charge in [-0.2, -0.15) is 9.97 Å². The molecule has 0 amide bonds. The van der Waals surface area contributed by atoms with E-state index in [-0.39, 0.29) is 63.3 Å². The number of terminal acetylenes is 1. The Bertz CT molecular complexity index is 2030. The topological polar surface area (TPSA) is 99.8 Å². The molecular formula is C35H31F3N6O2. The number of anilines is 2. The molecule has 3 unspecified atom stereocenters. The number of fused-ring (bicyclic) bond motifs is 5. The lowest BCUT2D eigenvalue weighted by Crippen LogP contribution is -2.52. The van der Waals surface area contributed by atoms with Gasteiger partial charge >= 0.3 is 6.01 Å². The van der Waals surface area contributed by atoms with Crippen molar-refractivity contribution in [2.75, 3.05) is 43.4 Å². The third-order valence-electron chi connectivity index (χ3n) is 9.83. The van der Waals surface area contributed by atoms with Crippen molar-refractivity contribution < 1.29 is 23.0 Å². The Morgan fingerprint density at radius 1 is 1.13 bits per heavy atom. The van der Waals surface area contributed by atoms with Crippen molar-refractivity contribution in [3.05, 3.63) is 77.3 Å². The van der Waals surface area contributed by atoms with E-state index in [9.17, 15) is 9.50 Å². The Morgan fingerprint density at radius 2 is 1.93 bits per heavy atom. The molecule has 3 saturated heterocycles. The first-order chi connectivity index (χ1) is 22.3. The molecule has 3 fully saturated rings. The average molecular weight is 625 g/mol. The standard InChI is InChI=1S/C35H31F3N6O2/c1-2-24-27(36)7-4-20-10-21(39)11-25(29(20)24)30-28(37)12-26-32(31(30)38)41-34(42-33(26)43-15-22-5-6-23(16-43)40-22)46-18-35-8-3-9-44(35)14-19(13-35)17-45/h1,4-7,10-12,17,22-23,40,45H,3,8-9,13-16,18,39H2/b19-17+. The Kier molecular flexibility index (Phi) is 6.63. The quantitative estimate of drug-likeness (QED) is 0.121. The number of nitrogens with two attached hydrogens (primary N) is 1. The first-order valence-electron chi connectivity index (χ1n) is 15.3. The van der Waals surface area contributed by atoms with Crippen LogP contribution in [0.25, 0.3) is 32.8 Å². The smallest absolute Gasteiger partial charge is 0.319 e. The predicted molar refractivity (Wildman–Crippen MR) is 171 cm³/mol. The van der Waals surface area contributed by atoms with Crippen molar-refractivity contribution in [3.63, 3.8) is 0 Å². The van der Waals surface area contributed by atoms with E-state index < -0.39 is 23.0 Å². The van der Waals surface area contributed by atoms with Gasteiger partial charge in [-0.3, -0.25) is 4.90 Å². The van der Waals surface area contributed by atoms with Gasteiger partial charge in [-0.1, -0.05) is 24.1 Å². The molecule has 11 heteroatoms. The minimum Gasteiger partial charge on any atom is -0.516 e. The van der Waals surface area contributed by atoms with Gasteiger partial charge in [0.2, 0.25) is 0 Å². The van der Waals surface area contributed by atoms with E-state index in [1.165, 1.54) is 30.5 Å². The van der Waals surface area contributed by atoms with Crippen LogP contribution in [-0.2, 0) is 0 Å². The molecule has 4 aromatic rings. The summed E-state index contributed by atoms with van der Waals surface area (Å²) in [4.78, 5) is 13.5. The van der Waals surface area contributed by atoms with Gasteiger partial charge in [0.1, 0.15) is 29.6 Å². The van der Waals surface area contributed by atoms with Crippen LogP contribution < -0.4 is 20.7 Å². The van der Waals surface area contributed by atoms with E-state index in [2.05, 4.69) is 33.3 Å². The second-order valence-electron chi connectivity index (χ2n) is 12.7. The number of aliphatic hydroxyl groups excluding tert-OH is 1. The van der Waals surface area contributed by atoms with Crippen LogP contribution in [0.1, 0.15) is 24.8 Å². The van der Waals surface area contributed by atoms with Gasteiger partial charge in [-0.05, 0) is 66.6 Å². The lowest BCUT2D eigenvalue weighted by molar-refractivity contribution is 0.108. The Labute approximate surface area is 263 Å². The highest BCUT2D eigenvalue weighted by Crippen LogP contribution is 2.43. The van der Waals surface area contributed by atoms with Gasteiger partial charge in [-0.15, -0.1) is 6.42 Å². The molecule has 8 rings (SSSR count). The van der Waals surface area contributed by atoms with Crippen LogP contribution in [0.15, 0.2) is 54.3 Å². The van der Waals surface area contributed by atoms with Crippen LogP contribution in [0.3, 0.4) is 0 Å². The number of aliphatic hydroxyl groups is 1. The van der Waals surface area contributed by atoms with Crippen LogP contribution in [0, 0.1) is 29.8 Å². The number of hydrogen-bond acceptors (Lipinski definition) is 8. The molecule has 3 aromatic carbocycles. The molecule has 1 aromatic heterocycles. The highest BCUT2D eigenvalue weighted by molar-refractivity contribution is 6.05. The number of hydrogen-bond donors (Lipinski definition) is 3. The fraction of sp³-hybridized carbons (Fsp3) is 0.314. The Hall–Kier alpha value is -4.79. The van der Waals surface area contributed by atoms with Gasteiger partial charge < -0.3 is 25.8 Å². The second kappa shape index (κ2) is 10.6. The lowest BCUT2D eigenvalue weighted by Gasteiger charge is -2.35. The summed E-state index contributed by atoms with van der Waals surface area (Å²) in [7, 11) is 0. The first-order valence-corrected chi connectivity index (χ1v) is 15.3. The summed E-state index contributed by atoms with van der Waals surface area (Å²) in [5, 5.41) is 14.0. The van der Waals surface area contributed by atoms with E-state index in [0.717, 1.165) is 25.0 Å². The maximum Gasteiger partial charge on any atom is 0.319 e. The average Bonchev–Trinajstić information content (AvgIpc) is 3.71. The maximum atomic E-state index is 16.9. The molecule has 0 saturated carbocycles. The number of halogens is 3. The predicted octanol–water partition coefficient (Wildman–Crippen LogP) is 5.21. The molecule has 3 atom stereocenters. The highest BCUT2D eigenvalue weighted by Gasteiger charge is 2.47. The van der Waals surface area contributed by atoms with Crippen molar-refractivity contribution in [1.82, 2.24) is 20.2 Å². The number of piperazine rings is 1. The van der Waals surface area contributed by atoms with Crippen molar-refractivity contribution in [2.45, 2.75) is 36.9 Å². The molecule has 4 N–H and O–H groups in total. The van der Waals surface area contributed by atoms with Crippen LogP contribution in [0.4, 0.5) is 24.7 Å². The number of nitrogen functional groups attached to an aromatic ring is 1. The van der Waals surface area contributed by atoms with E-state index in [0.29, 0.717) is 37.3 Å². The summed E-state index contributed by atoms with van der Waals surface area (Å²) in [5.41, 5.74) is 6.37. The van der Waals surface area contributed by atoms with Crippen LogP contribution >= 0.6 is 0 Å². The van der Waals surface area contributed by atoms with Crippen LogP contribution in [-0.4, -0.2) is 70.4 Å². The number of rotatable bonds is 5. The zero-order valence-electron chi connectivity index (χ0n) is 24.9. The first kappa shape index (κ1) is 28.7. The van der Waals surface area contributed by atoms with Crippen molar-refractivity contribution in [1.29, 1.82) is 0 Å². The van der Waals surface area contributed by atoms with Gasteiger partial charge in [-0.25, -0.2) is 13.2 Å². The number of benzene rings is 3.